The van der Waals surface area contributed by atoms with Crippen LogP contribution in [0.1, 0.15) is 31.4 Å². The number of nitrogens with one attached hydrogen (secondary N) is 2. The Morgan fingerprint density at radius 3 is 2.71 bits per heavy atom. The largest absolute Gasteiger partial charge is 0.289 e. The predicted molar refractivity (Wildman–Crippen MR) is 97.6 cm³/mol. The van der Waals surface area contributed by atoms with Crippen molar-refractivity contribution in [3.63, 3.8) is 0 Å². The van der Waals surface area contributed by atoms with Gasteiger partial charge in [0.1, 0.15) is 5.69 Å². The molecule has 0 saturated heterocycles. The number of benzene rings is 1. The zero-order chi connectivity index (χ0) is 17.1. The Morgan fingerprint density at radius 2 is 2.00 bits per heavy atom. The van der Waals surface area contributed by atoms with Crippen molar-refractivity contribution in [1.82, 2.24) is 15.6 Å². The molecule has 2 N–H and O–H groups in total. The number of nitrogens with zero attached hydrogens (tertiary/aromatic N) is 2. The van der Waals surface area contributed by atoms with E-state index >= 15 is 0 Å². The molecule has 0 radical (unpaired) electrons. The summed E-state index contributed by atoms with van der Waals surface area (Å²) in [6.45, 7) is 6.15. The van der Waals surface area contributed by atoms with E-state index in [1.165, 1.54) is 16.0 Å². The van der Waals surface area contributed by atoms with Gasteiger partial charge in [-0.05, 0) is 56.2 Å². The number of hydrogen-bond acceptors (Lipinski definition) is 4. The predicted octanol–water partition coefficient (Wildman–Crippen LogP) is 3.83. The fraction of sp³-hybridized carbons (Fsp3) is 0.167. The van der Waals surface area contributed by atoms with Gasteiger partial charge in [-0.3, -0.25) is 9.89 Å². The number of carbonyl (C=O) groups is 1. The third-order valence-electron chi connectivity index (χ3n) is 3.74. The molecule has 3 aromatic rings. The molecule has 24 heavy (non-hydrogen) atoms. The van der Waals surface area contributed by atoms with Crippen LogP contribution in [-0.4, -0.2) is 22.3 Å². The highest BCUT2D eigenvalue weighted by molar-refractivity contribution is 7.13. The number of carbonyl (C=O) groups excluding carboxylic acids is 1. The Labute approximate surface area is 144 Å². The molecule has 1 aromatic carbocycles. The summed E-state index contributed by atoms with van der Waals surface area (Å²) >= 11 is 1.62. The molecule has 2 aromatic heterocycles. The van der Waals surface area contributed by atoms with Crippen molar-refractivity contribution in [2.45, 2.75) is 20.8 Å². The summed E-state index contributed by atoms with van der Waals surface area (Å²) in [5, 5.41) is 10.9. The van der Waals surface area contributed by atoms with Crippen LogP contribution in [-0.2, 0) is 0 Å². The molecule has 0 aliphatic rings. The molecule has 2 heterocycles. The first-order chi connectivity index (χ1) is 11.5. The van der Waals surface area contributed by atoms with Gasteiger partial charge in [-0.25, -0.2) is 5.43 Å². The van der Waals surface area contributed by atoms with Crippen molar-refractivity contribution in [3.8, 4) is 11.3 Å². The molecule has 0 unspecified atom stereocenters. The Hall–Kier alpha value is -2.73. The van der Waals surface area contributed by atoms with E-state index in [2.05, 4.69) is 40.6 Å². The third-order valence-corrected chi connectivity index (χ3v) is 4.68. The Kier molecular flexibility index (Phi) is 4.57. The lowest BCUT2D eigenvalue weighted by atomic mass is 10.0. The molecule has 0 aliphatic carbocycles. The lowest BCUT2D eigenvalue weighted by molar-refractivity contribution is 0.0950. The molecular weight excluding hydrogens is 320 g/mol. The molecule has 5 nitrogen and oxygen atoms in total. The smallest absolute Gasteiger partial charge is 0.272 e. The van der Waals surface area contributed by atoms with Crippen LogP contribution in [0.25, 0.3) is 11.3 Å². The number of hydrazone groups is 1. The molecule has 0 bridgehead atoms. The number of hydrogen-bond donors (Lipinski definition) is 2. The van der Waals surface area contributed by atoms with Crippen LogP contribution < -0.4 is 5.43 Å². The van der Waals surface area contributed by atoms with Crippen molar-refractivity contribution < 1.29 is 4.79 Å². The molecule has 0 saturated carbocycles. The lowest BCUT2D eigenvalue weighted by Crippen LogP contribution is -2.17. The minimum Gasteiger partial charge on any atom is -0.272 e. The van der Waals surface area contributed by atoms with E-state index in [1.54, 1.807) is 23.6 Å². The van der Waals surface area contributed by atoms with Gasteiger partial charge in [-0.15, -0.1) is 11.3 Å². The summed E-state index contributed by atoms with van der Waals surface area (Å²) in [7, 11) is 0. The van der Waals surface area contributed by atoms with E-state index in [9.17, 15) is 4.79 Å². The van der Waals surface area contributed by atoms with Gasteiger partial charge < -0.3 is 0 Å². The standard InChI is InChI=1S/C18H18N4OS/c1-11-4-6-14(8-12(11)2)16-9-17(21-20-16)18(23)22-19-10-15-7-5-13(3)24-15/h4-10H,1-3H3,(H,20,21)(H,22,23)/b19-10+. The summed E-state index contributed by atoms with van der Waals surface area (Å²) < 4.78 is 0. The van der Waals surface area contributed by atoms with Gasteiger partial charge in [0.25, 0.3) is 5.91 Å². The molecule has 0 aliphatic heterocycles. The van der Waals surface area contributed by atoms with Crippen LogP contribution >= 0.6 is 11.3 Å². The summed E-state index contributed by atoms with van der Waals surface area (Å²) in [4.78, 5) is 14.3. The number of amides is 1. The summed E-state index contributed by atoms with van der Waals surface area (Å²) in [5.74, 6) is -0.317. The number of rotatable bonds is 4. The average molecular weight is 338 g/mol. The molecule has 1 amide bonds. The van der Waals surface area contributed by atoms with Crippen molar-refractivity contribution in [1.29, 1.82) is 0 Å². The maximum Gasteiger partial charge on any atom is 0.289 e. The number of aromatic amines is 1. The van der Waals surface area contributed by atoms with Gasteiger partial charge in [0, 0.05) is 15.3 Å². The van der Waals surface area contributed by atoms with Crippen molar-refractivity contribution in [3.05, 3.63) is 63.0 Å². The minimum absolute atomic E-state index is 0.317. The summed E-state index contributed by atoms with van der Waals surface area (Å²) in [5.41, 5.74) is 7.02. The van der Waals surface area contributed by atoms with Crippen LogP contribution in [0.4, 0.5) is 0 Å². The topological polar surface area (TPSA) is 70.1 Å². The van der Waals surface area contributed by atoms with Crippen LogP contribution in [0.5, 0.6) is 0 Å². The van der Waals surface area contributed by atoms with E-state index < -0.39 is 0 Å². The first kappa shape index (κ1) is 16.1. The van der Waals surface area contributed by atoms with Crippen molar-refractivity contribution in [2.24, 2.45) is 5.10 Å². The normalized spacial score (nSPS) is 11.1. The number of H-pyrrole nitrogens is 1. The van der Waals surface area contributed by atoms with E-state index in [-0.39, 0.29) is 5.91 Å². The number of aryl methyl sites for hydroxylation is 3. The van der Waals surface area contributed by atoms with Gasteiger partial charge in [0.05, 0.1) is 11.9 Å². The van der Waals surface area contributed by atoms with E-state index in [4.69, 9.17) is 0 Å². The Bertz CT molecular complexity index is 907. The quantitative estimate of drug-likeness (QED) is 0.561. The number of aromatic nitrogens is 2. The minimum atomic E-state index is -0.317. The Morgan fingerprint density at radius 1 is 1.17 bits per heavy atom. The maximum atomic E-state index is 12.1. The monoisotopic (exact) mass is 338 g/mol. The molecule has 0 fully saturated rings. The van der Waals surface area contributed by atoms with Gasteiger partial charge in [-0.2, -0.15) is 10.2 Å². The van der Waals surface area contributed by atoms with Crippen LogP contribution in [0.2, 0.25) is 0 Å². The van der Waals surface area contributed by atoms with Crippen LogP contribution in [0.15, 0.2) is 41.5 Å². The molecular formula is C18H18N4OS. The summed E-state index contributed by atoms with van der Waals surface area (Å²) in [6, 6.07) is 11.8. The van der Waals surface area contributed by atoms with Crippen molar-refractivity contribution >= 4 is 23.5 Å². The van der Waals surface area contributed by atoms with Crippen LogP contribution in [0, 0.1) is 20.8 Å². The van der Waals surface area contributed by atoms with Crippen LogP contribution in [0.3, 0.4) is 0 Å². The second kappa shape index (κ2) is 6.80. The number of thiophene rings is 1. The molecule has 0 spiro atoms. The zero-order valence-corrected chi connectivity index (χ0v) is 14.6. The van der Waals surface area contributed by atoms with Gasteiger partial charge in [-0.1, -0.05) is 12.1 Å². The fourth-order valence-corrected chi connectivity index (χ4v) is 2.97. The zero-order valence-electron chi connectivity index (χ0n) is 13.8. The van der Waals surface area contributed by atoms with E-state index in [0.29, 0.717) is 5.69 Å². The highest BCUT2D eigenvalue weighted by Crippen LogP contribution is 2.20. The third kappa shape index (κ3) is 3.60. The second-order valence-electron chi connectivity index (χ2n) is 5.61. The van der Waals surface area contributed by atoms with E-state index in [1.807, 2.05) is 31.2 Å². The first-order valence-electron chi connectivity index (χ1n) is 7.56. The lowest BCUT2D eigenvalue weighted by Gasteiger charge is -2.01. The molecule has 122 valence electrons. The second-order valence-corrected chi connectivity index (χ2v) is 6.93. The highest BCUT2D eigenvalue weighted by Gasteiger charge is 2.10. The fourth-order valence-electron chi connectivity index (χ4n) is 2.22. The molecule has 6 heteroatoms. The van der Waals surface area contributed by atoms with Crippen molar-refractivity contribution in [2.75, 3.05) is 0 Å². The van der Waals surface area contributed by atoms with Gasteiger partial charge in [0.2, 0.25) is 0 Å². The Balaban J connectivity index is 1.69. The van der Waals surface area contributed by atoms with E-state index in [0.717, 1.165) is 16.1 Å². The van der Waals surface area contributed by atoms with Gasteiger partial charge >= 0.3 is 0 Å². The maximum absolute atomic E-state index is 12.1. The average Bonchev–Trinajstić information content (AvgIpc) is 3.19. The first-order valence-corrected chi connectivity index (χ1v) is 8.37. The van der Waals surface area contributed by atoms with Gasteiger partial charge in [0.15, 0.2) is 0 Å². The summed E-state index contributed by atoms with van der Waals surface area (Å²) in [6.07, 6.45) is 1.64. The SMILES string of the molecule is Cc1ccc(/C=N/NC(=O)c2cc(-c3ccc(C)c(C)c3)n[nH]2)s1. The molecule has 0 atom stereocenters. The highest BCUT2D eigenvalue weighted by atomic mass is 32.1. The molecule has 3 rings (SSSR count).